The Morgan fingerprint density at radius 2 is 1.20 bits per heavy atom. The van der Waals surface area contributed by atoms with Gasteiger partial charge in [0.2, 0.25) is 0 Å². The van der Waals surface area contributed by atoms with Crippen molar-refractivity contribution in [1.29, 1.82) is 0 Å². The van der Waals surface area contributed by atoms with Crippen molar-refractivity contribution in [2.24, 2.45) is 0 Å². The van der Waals surface area contributed by atoms with E-state index in [1.54, 1.807) is 48.5 Å². The molecule has 0 amide bonds. The molecule has 1 aliphatic rings. The van der Waals surface area contributed by atoms with E-state index in [0.29, 0.717) is 43.1 Å². The van der Waals surface area contributed by atoms with Gasteiger partial charge < -0.3 is 23.7 Å². The summed E-state index contributed by atoms with van der Waals surface area (Å²) in [7, 11) is 0. The van der Waals surface area contributed by atoms with E-state index in [-0.39, 0.29) is 18.0 Å². The Kier molecular flexibility index (Phi) is 16.4. The quantitative estimate of drug-likeness (QED) is 0.0529. The van der Waals surface area contributed by atoms with Crippen molar-refractivity contribution in [3.8, 4) is 17.2 Å². The van der Waals surface area contributed by atoms with Crippen LogP contribution in [0.5, 0.6) is 17.2 Å². The molecular formula is C37H48O8. The first kappa shape index (κ1) is 35.4. The molecule has 0 N–H and O–H groups in total. The highest BCUT2D eigenvalue weighted by molar-refractivity contribution is 5.91. The van der Waals surface area contributed by atoms with Crippen LogP contribution in [-0.4, -0.2) is 43.8 Å². The Morgan fingerprint density at radius 1 is 0.711 bits per heavy atom. The molecule has 8 nitrogen and oxygen atoms in total. The molecule has 0 aliphatic carbocycles. The Bertz CT molecular complexity index is 1190. The molecule has 45 heavy (non-hydrogen) atoms. The molecule has 2 aromatic rings. The van der Waals surface area contributed by atoms with Crippen molar-refractivity contribution in [3.63, 3.8) is 0 Å². The fourth-order valence-electron chi connectivity index (χ4n) is 4.96. The van der Waals surface area contributed by atoms with Crippen LogP contribution < -0.4 is 14.2 Å². The molecule has 2 aromatic carbocycles. The van der Waals surface area contributed by atoms with Crippen LogP contribution in [0.3, 0.4) is 0 Å². The second-order valence-electron chi connectivity index (χ2n) is 11.3. The van der Waals surface area contributed by atoms with E-state index < -0.39 is 5.97 Å². The van der Waals surface area contributed by atoms with E-state index in [0.717, 1.165) is 75.7 Å². The van der Waals surface area contributed by atoms with Gasteiger partial charge in [-0.2, -0.15) is 0 Å². The SMILES string of the molecule is C=CC(=O)OCCCCCCCOc1ccc(OC(=O)c2ccc(OCCCCCCCCCC3CC(=C)C(=O)O3)cc2)cc1. The van der Waals surface area contributed by atoms with E-state index >= 15 is 0 Å². The normalized spacial score (nSPS) is 14.1. The van der Waals surface area contributed by atoms with Gasteiger partial charge in [-0.15, -0.1) is 0 Å². The van der Waals surface area contributed by atoms with Gasteiger partial charge in [0, 0.05) is 18.1 Å². The van der Waals surface area contributed by atoms with Gasteiger partial charge in [-0.1, -0.05) is 64.5 Å². The number of hydrogen-bond acceptors (Lipinski definition) is 8. The minimum absolute atomic E-state index is 0.0356. The Labute approximate surface area is 267 Å². The maximum absolute atomic E-state index is 12.6. The van der Waals surface area contributed by atoms with Crippen LogP contribution in [0.2, 0.25) is 0 Å². The van der Waals surface area contributed by atoms with E-state index in [4.69, 9.17) is 23.7 Å². The molecule has 1 aliphatic heterocycles. The molecule has 1 fully saturated rings. The summed E-state index contributed by atoms with van der Waals surface area (Å²) < 4.78 is 27.4. The molecular weight excluding hydrogens is 572 g/mol. The number of cyclic esters (lactones) is 1. The van der Waals surface area contributed by atoms with Gasteiger partial charge in [0.25, 0.3) is 0 Å². The fourth-order valence-corrected chi connectivity index (χ4v) is 4.96. The highest BCUT2D eigenvalue weighted by atomic mass is 16.6. The Balaban J connectivity index is 1.18. The van der Waals surface area contributed by atoms with Crippen LogP contribution in [0.1, 0.15) is 100 Å². The molecule has 0 saturated carbocycles. The molecule has 0 bridgehead atoms. The molecule has 0 aromatic heterocycles. The number of hydrogen-bond donors (Lipinski definition) is 0. The number of ether oxygens (including phenoxy) is 5. The van der Waals surface area contributed by atoms with Crippen LogP contribution in [0.15, 0.2) is 73.3 Å². The van der Waals surface area contributed by atoms with Crippen LogP contribution in [0, 0.1) is 0 Å². The predicted octanol–water partition coefficient (Wildman–Crippen LogP) is 8.34. The molecule has 8 heteroatoms. The Hall–Kier alpha value is -4.07. The van der Waals surface area contributed by atoms with E-state index in [1.807, 2.05) is 0 Å². The van der Waals surface area contributed by atoms with Crippen molar-refractivity contribution >= 4 is 17.9 Å². The van der Waals surface area contributed by atoms with Crippen LogP contribution in [0.4, 0.5) is 0 Å². The first-order valence-electron chi connectivity index (χ1n) is 16.3. The molecule has 1 atom stereocenters. The summed E-state index contributed by atoms with van der Waals surface area (Å²) >= 11 is 0. The largest absolute Gasteiger partial charge is 0.494 e. The van der Waals surface area contributed by atoms with E-state index in [1.165, 1.54) is 25.3 Å². The lowest BCUT2D eigenvalue weighted by atomic mass is 10.0. The zero-order valence-electron chi connectivity index (χ0n) is 26.5. The van der Waals surface area contributed by atoms with E-state index in [9.17, 15) is 14.4 Å². The maximum Gasteiger partial charge on any atom is 0.343 e. The minimum Gasteiger partial charge on any atom is -0.494 e. The number of unbranched alkanes of at least 4 members (excludes halogenated alkanes) is 10. The summed E-state index contributed by atoms with van der Waals surface area (Å²) in [5.74, 6) is 0.881. The average Bonchev–Trinajstić information content (AvgIpc) is 3.38. The summed E-state index contributed by atoms with van der Waals surface area (Å²) in [5.41, 5.74) is 1.06. The predicted molar refractivity (Wildman–Crippen MR) is 174 cm³/mol. The average molecular weight is 621 g/mol. The third-order valence-electron chi connectivity index (χ3n) is 7.57. The van der Waals surface area contributed by atoms with Gasteiger partial charge in [0.05, 0.1) is 25.4 Å². The zero-order chi connectivity index (χ0) is 32.1. The first-order valence-corrected chi connectivity index (χ1v) is 16.3. The van der Waals surface area contributed by atoms with Crippen molar-refractivity contribution < 1.29 is 38.1 Å². The molecule has 0 radical (unpaired) electrons. The molecule has 244 valence electrons. The number of rotatable bonds is 23. The summed E-state index contributed by atoms with van der Waals surface area (Å²) in [6.07, 6.45) is 15.6. The fraction of sp³-hybridized carbons (Fsp3) is 0.486. The summed E-state index contributed by atoms with van der Waals surface area (Å²) in [4.78, 5) is 34.9. The highest BCUT2D eigenvalue weighted by Gasteiger charge is 2.26. The lowest BCUT2D eigenvalue weighted by Crippen LogP contribution is -2.08. The van der Waals surface area contributed by atoms with Gasteiger partial charge in [-0.3, -0.25) is 0 Å². The molecule has 3 rings (SSSR count). The van der Waals surface area contributed by atoms with Crippen LogP contribution >= 0.6 is 0 Å². The van der Waals surface area contributed by atoms with Gasteiger partial charge in [0.15, 0.2) is 0 Å². The second-order valence-corrected chi connectivity index (χ2v) is 11.3. The van der Waals surface area contributed by atoms with Crippen molar-refractivity contribution in [1.82, 2.24) is 0 Å². The topological polar surface area (TPSA) is 97.4 Å². The number of carbonyl (C=O) groups excluding carboxylic acids is 3. The van der Waals surface area contributed by atoms with Gasteiger partial charge in [-0.25, -0.2) is 14.4 Å². The molecule has 1 saturated heterocycles. The summed E-state index contributed by atoms with van der Waals surface area (Å²) in [5, 5.41) is 0. The van der Waals surface area contributed by atoms with Crippen molar-refractivity contribution in [3.05, 3.63) is 78.9 Å². The van der Waals surface area contributed by atoms with Gasteiger partial charge in [-0.05, 0) is 80.6 Å². The number of carbonyl (C=O) groups is 3. The molecule has 1 heterocycles. The van der Waals surface area contributed by atoms with E-state index in [2.05, 4.69) is 13.2 Å². The monoisotopic (exact) mass is 620 g/mol. The smallest absolute Gasteiger partial charge is 0.343 e. The molecule has 1 unspecified atom stereocenters. The molecule has 0 spiro atoms. The maximum atomic E-state index is 12.6. The lowest BCUT2D eigenvalue weighted by Gasteiger charge is -2.09. The number of esters is 3. The summed E-state index contributed by atoms with van der Waals surface area (Å²) in [6, 6.07) is 14.0. The van der Waals surface area contributed by atoms with Crippen molar-refractivity contribution in [2.45, 2.75) is 96.0 Å². The third kappa shape index (κ3) is 14.5. The van der Waals surface area contributed by atoms with Crippen LogP contribution in [0.25, 0.3) is 0 Å². The standard InChI is InChI=1S/C37H48O8/c1-3-35(38)43-27-15-11-7-10-14-26-42-32-21-23-33(24-22-32)44-37(40)30-17-19-31(20-18-30)41-25-13-9-6-4-5-8-12-16-34-28-29(2)36(39)45-34/h3,17-24,34H,1-2,4-16,25-28H2. The third-order valence-corrected chi connectivity index (χ3v) is 7.57. The Morgan fingerprint density at radius 3 is 1.73 bits per heavy atom. The number of benzene rings is 2. The zero-order valence-corrected chi connectivity index (χ0v) is 26.5. The summed E-state index contributed by atoms with van der Waals surface area (Å²) in [6.45, 7) is 8.79. The minimum atomic E-state index is -0.427. The lowest BCUT2D eigenvalue weighted by molar-refractivity contribution is -0.139. The first-order chi connectivity index (χ1) is 21.9. The second kappa shape index (κ2) is 20.8. The van der Waals surface area contributed by atoms with Gasteiger partial charge in [0.1, 0.15) is 23.4 Å². The van der Waals surface area contributed by atoms with Crippen LogP contribution in [-0.2, 0) is 19.1 Å². The highest BCUT2D eigenvalue weighted by Crippen LogP contribution is 2.24. The van der Waals surface area contributed by atoms with Gasteiger partial charge >= 0.3 is 17.9 Å². The van der Waals surface area contributed by atoms with Crippen molar-refractivity contribution in [2.75, 3.05) is 19.8 Å².